The van der Waals surface area contributed by atoms with Gasteiger partial charge < -0.3 is 5.32 Å². The van der Waals surface area contributed by atoms with Crippen molar-refractivity contribution < 1.29 is 4.79 Å². The van der Waals surface area contributed by atoms with E-state index in [1.165, 1.54) is 18.3 Å². The lowest BCUT2D eigenvalue weighted by Crippen LogP contribution is -2.05. The molecule has 0 aliphatic heterocycles. The third kappa shape index (κ3) is 4.16. The number of pyridine rings is 1. The van der Waals surface area contributed by atoms with Crippen LogP contribution in [0.3, 0.4) is 0 Å². The summed E-state index contributed by atoms with van der Waals surface area (Å²) in [6.07, 6.45) is 5.21. The number of thiazole rings is 1. The summed E-state index contributed by atoms with van der Waals surface area (Å²) in [7, 11) is 0. The van der Waals surface area contributed by atoms with Crippen molar-refractivity contribution in [2.45, 2.75) is 6.92 Å². The smallest absolute Gasteiger partial charge is 0.221 e. The van der Waals surface area contributed by atoms with Gasteiger partial charge in [0.05, 0.1) is 11.3 Å². The monoisotopic (exact) mass is 346 g/mol. The van der Waals surface area contributed by atoms with E-state index >= 15 is 0 Å². The molecule has 0 unspecified atom stereocenters. The van der Waals surface area contributed by atoms with Gasteiger partial charge in [-0.15, -0.1) is 11.3 Å². The van der Waals surface area contributed by atoms with Crippen LogP contribution in [0.1, 0.15) is 17.5 Å². The van der Waals surface area contributed by atoms with E-state index in [2.05, 4.69) is 21.4 Å². The van der Waals surface area contributed by atoms with Gasteiger partial charge >= 0.3 is 0 Å². The van der Waals surface area contributed by atoms with Crippen molar-refractivity contribution in [3.63, 3.8) is 0 Å². The summed E-state index contributed by atoms with van der Waals surface area (Å²) >= 11 is 1.43. The van der Waals surface area contributed by atoms with E-state index in [4.69, 9.17) is 0 Å². The lowest BCUT2D eigenvalue weighted by molar-refractivity contribution is -0.114. The van der Waals surface area contributed by atoms with Crippen LogP contribution in [0.25, 0.3) is 22.9 Å². The molecule has 25 heavy (non-hydrogen) atoms. The zero-order valence-corrected chi connectivity index (χ0v) is 14.2. The summed E-state index contributed by atoms with van der Waals surface area (Å²) in [6, 6.07) is 13.3. The topological polar surface area (TPSA) is 78.7 Å². The number of aromatic nitrogens is 2. The summed E-state index contributed by atoms with van der Waals surface area (Å²) < 4.78 is 0. The third-order valence-corrected chi connectivity index (χ3v) is 4.25. The Balaban J connectivity index is 1.85. The molecule has 2 heterocycles. The number of carbonyl (C=O) groups excluding carboxylic acids is 1. The van der Waals surface area contributed by atoms with Gasteiger partial charge in [-0.1, -0.05) is 12.1 Å². The van der Waals surface area contributed by atoms with Crippen molar-refractivity contribution in [2.75, 3.05) is 5.32 Å². The Morgan fingerprint density at radius 2 is 1.92 bits per heavy atom. The summed E-state index contributed by atoms with van der Waals surface area (Å²) in [4.78, 5) is 19.6. The summed E-state index contributed by atoms with van der Waals surface area (Å²) in [6.45, 7) is 1.46. The van der Waals surface area contributed by atoms with Crippen LogP contribution >= 0.6 is 11.3 Å². The fraction of sp³-hybridized carbons (Fsp3) is 0.0526. The maximum absolute atomic E-state index is 11.0. The van der Waals surface area contributed by atoms with Crippen LogP contribution in [0.15, 0.2) is 54.2 Å². The molecule has 0 saturated heterocycles. The number of carbonyl (C=O) groups is 1. The van der Waals surface area contributed by atoms with Gasteiger partial charge in [0.15, 0.2) is 0 Å². The van der Waals surface area contributed by atoms with E-state index in [1.54, 1.807) is 30.6 Å². The molecular weight excluding hydrogens is 332 g/mol. The van der Waals surface area contributed by atoms with E-state index in [0.717, 1.165) is 22.5 Å². The highest BCUT2D eigenvalue weighted by Gasteiger charge is 2.09. The van der Waals surface area contributed by atoms with Crippen LogP contribution in [0.2, 0.25) is 0 Å². The molecule has 0 aliphatic rings. The standard InChI is InChI=1S/C19H14N4OS/c1-13(24)22-17-4-2-14(3-5-17)10-16(11-20)19-23-18(12-25-19)15-6-8-21-9-7-15/h2-10,12H,1H3,(H,22,24)/b16-10-. The molecule has 3 rings (SSSR count). The van der Waals surface area contributed by atoms with Gasteiger partial charge in [-0.25, -0.2) is 4.98 Å². The maximum Gasteiger partial charge on any atom is 0.221 e. The Bertz CT molecular complexity index is 953. The second-order valence-electron chi connectivity index (χ2n) is 5.25. The fourth-order valence-corrected chi connectivity index (χ4v) is 3.02. The molecule has 1 amide bonds. The highest BCUT2D eigenvalue weighted by Crippen LogP contribution is 2.27. The highest BCUT2D eigenvalue weighted by atomic mass is 32.1. The first-order chi connectivity index (χ1) is 12.2. The molecule has 0 bridgehead atoms. The Kier molecular flexibility index (Phi) is 4.97. The second-order valence-corrected chi connectivity index (χ2v) is 6.10. The maximum atomic E-state index is 11.0. The molecule has 0 spiro atoms. The van der Waals surface area contributed by atoms with Gasteiger partial charge in [-0.05, 0) is 35.9 Å². The van der Waals surface area contributed by atoms with Gasteiger partial charge in [0.1, 0.15) is 11.1 Å². The molecule has 0 atom stereocenters. The summed E-state index contributed by atoms with van der Waals surface area (Å²) in [5.74, 6) is -0.118. The van der Waals surface area contributed by atoms with E-state index in [9.17, 15) is 10.1 Å². The minimum atomic E-state index is -0.118. The Hall–Kier alpha value is -3.30. The van der Waals surface area contributed by atoms with Crippen LogP contribution in [-0.4, -0.2) is 15.9 Å². The molecule has 2 aromatic heterocycles. The zero-order chi connectivity index (χ0) is 17.6. The molecule has 0 fully saturated rings. The van der Waals surface area contributed by atoms with Crippen LogP contribution in [0.4, 0.5) is 5.69 Å². The minimum absolute atomic E-state index is 0.118. The number of nitrogens with zero attached hydrogens (tertiary/aromatic N) is 3. The molecule has 3 aromatic rings. The van der Waals surface area contributed by atoms with Gasteiger partial charge in [-0.2, -0.15) is 5.26 Å². The predicted molar refractivity (Wildman–Crippen MR) is 99.6 cm³/mol. The van der Waals surface area contributed by atoms with Crippen molar-refractivity contribution in [3.8, 4) is 17.3 Å². The number of rotatable bonds is 4. The van der Waals surface area contributed by atoms with E-state index < -0.39 is 0 Å². The number of allylic oxidation sites excluding steroid dienone is 1. The Morgan fingerprint density at radius 3 is 2.56 bits per heavy atom. The van der Waals surface area contributed by atoms with E-state index in [-0.39, 0.29) is 5.91 Å². The molecule has 122 valence electrons. The lowest BCUT2D eigenvalue weighted by atomic mass is 10.1. The number of benzene rings is 1. The van der Waals surface area contributed by atoms with Crippen molar-refractivity contribution in [1.29, 1.82) is 5.26 Å². The SMILES string of the molecule is CC(=O)Nc1ccc(/C=C(/C#N)c2nc(-c3ccncc3)cs2)cc1. The molecule has 6 heteroatoms. The highest BCUT2D eigenvalue weighted by molar-refractivity contribution is 7.11. The number of nitrogens with one attached hydrogen (secondary N) is 1. The van der Waals surface area contributed by atoms with Crippen molar-refractivity contribution in [2.24, 2.45) is 0 Å². The normalized spacial score (nSPS) is 11.0. The van der Waals surface area contributed by atoms with Gasteiger partial charge in [0.25, 0.3) is 0 Å². The van der Waals surface area contributed by atoms with Gasteiger partial charge in [-0.3, -0.25) is 9.78 Å². The van der Waals surface area contributed by atoms with E-state index in [0.29, 0.717) is 10.6 Å². The first-order valence-corrected chi connectivity index (χ1v) is 8.39. The lowest BCUT2D eigenvalue weighted by Gasteiger charge is -2.02. The Labute approximate surface area is 149 Å². The Morgan fingerprint density at radius 1 is 1.20 bits per heavy atom. The number of hydrogen-bond acceptors (Lipinski definition) is 5. The first-order valence-electron chi connectivity index (χ1n) is 7.51. The fourth-order valence-electron chi connectivity index (χ4n) is 2.23. The zero-order valence-electron chi connectivity index (χ0n) is 13.4. The van der Waals surface area contributed by atoms with Crippen molar-refractivity contribution in [3.05, 3.63) is 64.7 Å². The number of hydrogen-bond donors (Lipinski definition) is 1. The van der Waals surface area contributed by atoms with Crippen LogP contribution < -0.4 is 5.32 Å². The minimum Gasteiger partial charge on any atom is -0.326 e. The molecule has 0 radical (unpaired) electrons. The van der Waals surface area contributed by atoms with Crippen molar-refractivity contribution in [1.82, 2.24) is 9.97 Å². The first kappa shape index (κ1) is 16.6. The summed E-state index contributed by atoms with van der Waals surface area (Å²) in [5, 5.41) is 14.8. The van der Waals surface area contributed by atoms with Crippen LogP contribution in [0.5, 0.6) is 0 Å². The number of anilines is 1. The third-order valence-electron chi connectivity index (χ3n) is 3.37. The molecular formula is C19H14N4OS. The number of nitriles is 1. The average molecular weight is 346 g/mol. The molecule has 0 saturated carbocycles. The molecule has 1 N–H and O–H groups in total. The number of amides is 1. The largest absolute Gasteiger partial charge is 0.326 e. The average Bonchev–Trinajstić information content (AvgIpc) is 3.11. The molecule has 0 aliphatic carbocycles. The molecule has 5 nitrogen and oxygen atoms in total. The van der Waals surface area contributed by atoms with Gasteiger partial charge in [0, 0.05) is 35.9 Å². The quantitative estimate of drug-likeness (QED) is 0.717. The van der Waals surface area contributed by atoms with Crippen LogP contribution in [-0.2, 0) is 4.79 Å². The van der Waals surface area contributed by atoms with Crippen molar-refractivity contribution >= 4 is 34.6 Å². The van der Waals surface area contributed by atoms with E-state index in [1.807, 2.05) is 29.6 Å². The summed E-state index contributed by atoms with van der Waals surface area (Å²) in [5.41, 5.74) is 3.88. The van der Waals surface area contributed by atoms with Gasteiger partial charge in [0.2, 0.25) is 5.91 Å². The second kappa shape index (κ2) is 7.51. The predicted octanol–water partition coefficient (Wildman–Crippen LogP) is 4.23. The van der Waals surface area contributed by atoms with Crippen LogP contribution in [0, 0.1) is 11.3 Å². The molecule has 1 aromatic carbocycles.